The summed E-state index contributed by atoms with van der Waals surface area (Å²) in [5.74, 6) is 6.80. The smallest absolute Gasteiger partial charge is 0.126 e. The highest BCUT2D eigenvalue weighted by Crippen LogP contribution is 2.22. The molecule has 0 aromatic carbocycles. The first-order valence-corrected chi connectivity index (χ1v) is 6.04. The monoisotopic (exact) mass is 236 g/mol. The summed E-state index contributed by atoms with van der Waals surface area (Å²) in [6, 6.07) is 4.15. The first kappa shape index (κ1) is 12.3. The van der Waals surface area contributed by atoms with Gasteiger partial charge < -0.3 is 10.5 Å². The standard InChI is InChI=1S/C12H20N4O/c13-12-10(2-1-5-15-12)8-11(16-14)9-3-6-17-7-4-9/h1-2,5,9,11,16H,3-4,6-8,14H2,(H2,13,15). The van der Waals surface area contributed by atoms with Crippen LogP contribution < -0.4 is 17.0 Å². The highest BCUT2D eigenvalue weighted by atomic mass is 16.5. The lowest BCUT2D eigenvalue weighted by Gasteiger charge is -2.30. The van der Waals surface area contributed by atoms with E-state index in [1.807, 2.05) is 12.1 Å². The van der Waals surface area contributed by atoms with Crippen LogP contribution in [0.1, 0.15) is 18.4 Å². The van der Waals surface area contributed by atoms with Gasteiger partial charge in [-0.15, -0.1) is 0 Å². The van der Waals surface area contributed by atoms with Crippen molar-refractivity contribution in [1.82, 2.24) is 10.4 Å². The van der Waals surface area contributed by atoms with Crippen molar-refractivity contribution in [2.75, 3.05) is 18.9 Å². The van der Waals surface area contributed by atoms with Crippen LogP contribution in [0.25, 0.3) is 0 Å². The van der Waals surface area contributed by atoms with E-state index in [1.54, 1.807) is 6.20 Å². The summed E-state index contributed by atoms with van der Waals surface area (Å²) in [4.78, 5) is 4.10. The highest BCUT2D eigenvalue weighted by Gasteiger charge is 2.23. The van der Waals surface area contributed by atoms with E-state index in [2.05, 4.69) is 10.4 Å². The van der Waals surface area contributed by atoms with E-state index in [9.17, 15) is 0 Å². The van der Waals surface area contributed by atoms with E-state index in [4.69, 9.17) is 16.3 Å². The van der Waals surface area contributed by atoms with Crippen LogP contribution in [0.4, 0.5) is 5.82 Å². The number of pyridine rings is 1. The number of nitrogens with one attached hydrogen (secondary N) is 1. The third kappa shape index (κ3) is 3.15. The predicted molar refractivity (Wildman–Crippen MR) is 67.0 cm³/mol. The number of hydrogen-bond acceptors (Lipinski definition) is 5. The minimum atomic E-state index is 0.241. The largest absolute Gasteiger partial charge is 0.383 e. The Morgan fingerprint density at radius 3 is 2.88 bits per heavy atom. The maximum atomic E-state index is 5.85. The Morgan fingerprint density at radius 1 is 1.47 bits per heavy atom. The lowest BCUT2D eigenvalue weighted by Crippen LogP contribution is -2.44. The molecule has 94 valence electrons. The van der Waals surface area contributed by atoms with E-state index < -0.39 is 0 Å². The number of hydrogen-bond donors (Lipinski definition) is 3. The third-order valence-electron chi connectivity index (χ3n) is 3.41. The van der Waals surface area contributed by atoms with Crippen LogP contribution in [0, 0.1) is 5.92 Å². The Morgan fingerprint density at radius 2 is 2.24 bits per heavy atom. The first-order valence-electron chi connectivity index (χ1n) is 6.04. The van der Waals surface area contributed by atoms with E-state index in [0.29, 0.717) is 11.7 Å². The van der Waals surface area contributed by atoms with Crippen molar-refractivity contribution in [3.8, 4) is 0 Å². The molecule has 0 spiro atoms. The predicted octanol–water partition coefficient (Wildman–Crippen LogP) is 0.465. The van der Waals surface area contributed by atoms with Crippen LogP contribution in [0.5, 0.6) is 0 Å². The minimum Gasteiger partial charge on any atom is -0.383 e. The number of rotatable bonds is 4. The Bertz CT molecular complexity index is 352. The summed E-state index contributed by atoms with van der Waals surface area (Å²) in [7, 11) is 0. The zero-order chi connectivity index (χ0) is 12.1. The Kier molecular flexibility index (Phi) is 4.30. The molecule has 0 aliphatic carbocycles. The highest BCUT2D eigenvalue weighted by molar-refractivity contribution is 5.38. The molecule has 1 aliphatic rings. The Hall–Kier alpha value is -1.17. The van der Waals surface area contributed by atoms with Gasteiger partial charge in [0.05, 0.1) is 0 Å². The van der Waals surface area contributed by atoms with Crippen molar-refractivity contribution in [2.45, 2.75) is 25.3 Å². The summed E-state index contributed by atoms with van der Waals surface area (Å²) in [5.41, 5.74) is 9.81. The molecule has 2 rings (SSSR count). The minimum absolute atomic E-state index is 0.241. The lowest BCUT2D eigenvalue weighted by atomic mass is 9.88. The maximum Gasteiger partial charge on any atom is 0.126 e. The lowest BCUT2D eigenvalue weighted by molar-refractivity contribution is 0.0538. The first-order chi connectivity index (χ1) is 8.31. The molecule has 5 nitrogen and oxygen atoms in total. The molecule has 17 heavy (non-hydrogen) atoms. The molecule has 2 heterocycles. The van der Waals surface area contributed by atoms with Gasteiger partial charge in [-0.2, -0.15) is 0 Å². The number of anilines is 1. The zero-order valence-electron chi connectivity index (χ0n) is 9.93. The van der Waals surface area contributed by atoms with Gasteiger partial charge in [-0.1, -0.05) is 6.07 Å². The second-order valence-electron chi connectivity index (χ2n) is 4.47. The number of nitrogens with two attached hydrogens (primary N) is 2. The summed E-state index contributed by atoms with van der Waals surface area (Å²) < 4.78 is 5.36. The van der Waals surface area contributed by atoms with Gasteiger partial charge in [-0.3, -0.25) is 11.3 Å². The quantitative estimate of drug-likeness (QED) is 0.522. The Labute approximate surface area is 102 Å². The average Bonchev–Trinajstić information content (AvgIpc) is 2.39. The van der Waals surface area contributed by atoms with E-state index in [0.717, 1.165) is 38.0 Å². The van der Waals surface area contributed by atoms with Crippen molar-refractivity contribution >= 4 is 5.82 Å². The maximum absolute atomic E-state index is 5.85. The van der Waals surface area contributed by atoms with Crippen molar-refractivity contribution in [1.29, 1.82) is 0 Å². The summed E-state index contributed by atoms with van der Waals surface area (Å²) >= 11 is 0. The van der Waals surface area contributed by atoms with Crippen LogP contribution >= 0.6 is 0 Å². The van der Waals surface area contributed by atoms with Gasteiger partial charge in [-0.05, 0) is 36.8 Å². The molecule has 5 heteroatoms. The normalized spacial score (nSPS) is 19.1. The summed E-state index contributed by atoms with van der Waals surface area (Å²) in [6.45, 7) is 1.65. The van der Waals surface area contributed by atoms with Crippen molar-refractivity contribution < 1.29 is 4.74 Å². The molecule has 1 atom stereocenters. The van der Waals surface area contributed by atoms with E-state index in [-0.39, 0.29) is 6.04 Å². The number of aromatic nitrogens is 1. The molecule has 1 fully saturated rings. The van der Waals surface area contributed by atoms with Gasteiger partial charge in [0.1, 0.15) is 5.82 Å². The molecule has 1 aliphatic heterocycles. The van der Waals surface area contributed by atoms with Gasteiger partial charge in [0.15, 0.2) is 0 Å². The number of nitrogen functional groups attached to an aromatic ring is 1. The van der Waals surface area contributed by atoms with Crippen LogP contribution in [0.3, 0.4) is 0 Å². The number of ether oxygens (including phenoxy) is 1. The van der Waals surface area contributed by atoms with Crippen molar-refractivity contribution in [3.05, 3.63) is 23.9 Å². The molecule has 1 aromatic heterocycles. The summed E-state index contributed by atoms with van der Waals surface area (Å²) in [6.07, 6.45) is 4.63. The fraction of sp³-hybridized carbons (Fsp3) is 0.583. The molecular weight excluding hydrogens is 216 g/mol. The molecule has 1 saturated heterocycles. The van der Waals surface area contributed by atoms with Gasteiger partial charge in [0.25, 0.3) is 0 Å². The van der Waals surface area contributed by atoms with Gasteiger partial charge >= 0.3 is 0 Å². The van der Waals surface area contributed by atoms with Crippen molar-refractivity contribution in [3.63, 3.8) is 0 Å². The third-order valence-corrected chi connectivity index (χ3v) is 3.41. The molecule has 0 amide bonds. The summed E-state index contributed by atoms with van der Waals surface area (Å²) in [5, 5.41) is 0. The van der Waals surface area contributed by atoms with Crippen LogP contribution in [-0.2, 0) is 11.2 Å². The van der Waals surface area contributed by atoms with Crippen LogP contribution in [0.15, 0.2) is 18.3 Å². The average molecular weight is 236 g/mol. The van der Waals surface area contributed by atoms with Crippen LogP contribution in [0.2, 0.25) is 0 Å². The SMILES string of the molecule is NNC(Cc1cccnc1N)C1CCOCC1. The van der Waals surface area contributed by atoms with Gasteiger partial charge in [0.2, 0.25) is 0 Å². The fourth-order valence-electron chi connectivity index (χ4n) is 2.34. The van der Waals surface area contributed by atoms with Gasteiger partial charge in [0, 0.05) is 25.5 Å². The molecule has 0 bridgehead atoms. The molecular formula is C12H20N4O. The zero-order valence-corrected chi connectivity index (χ0v) is 9.93. The molecule has 5 N–H and O–H groups in total. The van der Waals surface area contributed by atoms with E-state index >= 15 is 0 Å². The molecule has 0 radical (unpaired) electrons. The van der Waals surface area contributed by atoms with Gasteiger partial charge in [-0.25, -0.2) is 4.98 Å². The molecule has 1 aromatic rings. The van der Waals surface area contributed by atoms with Crippen LogP contribution in [-0.4, -0.2) is 24.2 Å². The second-order valence-corrected chi connectivity index (χ2v) is 4.47. The second kappa shape index (κ2) is 5.95. The van der Waals surface area contributed by atoms with E-state index in [1.165, 1.54) is 0 Å². The number of hydrazine groups is 1. The molecule has 0 saturated carbocycles. The Balaban J connectivity index is 2.01. The fourth-order valence-corrected chi connectivity index (χ4v) is 2.34. The molecule has 1 unspecified atom stereocenters. The topological polar surface area (TPSA) is 86.2 Å². The number of nitrogens with zero attached hydrogens (tertiary/aromatic N) is 1. The van der Waals surface area contributed by atoms with Crippen molar-refractivity contribution in [2.24, 2.45) is 11.8 Å².